The lowest BCUT2D eigenvalue weighted by atomic mass is 10.1. The lowest BCUT2D eigenvalue weighted by molar-refractivity contribution is 0.101. The zero-order chi connectivity index (χ0) is 14.7. The number of benzene rings is 2. The number of hydrogen-bond donors (Lipinski definition) is 0. The van der Waals surface area contributed by atoms with Crippen LogP contribution in [0.1, 0.15) is 15.9 Å². The third kappa shape index (κ3) is 3.36. The number of halogens is 1. The number of carbonyl (C=O) groups excluding carboxylic acids is 1. The minimum absolute atomic E-state index is 0.145. The Bertz CT molecular complexity index is 715. The van der Waals surface area contributed by atoms with Gasteiger partial charge in [0, 0.05) is 5.75 Å². The number of hydrogen-bond acceptors (Lipinski definition) is 4. The Kier molecular flexibility index (Phi) is 4.41. The van der Waals surface area contributed by atoms with Crippen molar-refractivity contribution in [3.05, 3.63) is 65.5 Å². The smallest absolute Gasteiger partial charge is 0.176 e. The van der Waals surface area contributed by atoms with Crippen molar-refractivity contribution in [1.82, 2.24) is 0 Å². The third-order valence-corrected chi connectivity index (χ3v) is 5.30. The first-order valence-electron chi connectivity index (χ1n) is 6.44. The van der Waals surface area contributed by atoms with Gasteiger partial charge in [0.1, 0.15) is 10.2 Å². The number of Topliss-reactive ketones (excluding diaryl/α,β-unsaturated/α-hetero) is 1. The van der Waals surface area contributed by atoms with Crippen molar-refractivity contribution < 1.29 is 9.18 Å². The van der Waals surface area contributed by atoms with Crippen LogP contribution in [-0.2, 0) is 5.75 Å². The molecule has 0 aromatic heterocycles. The standard InChI is InChI=1S/C16H12FNOS2/c17-13-7-3-2-6-12(13)15(19)10-21-16-18-14-8-4-1-5-11(14)9-20-16/h1-8H,9-10H2. The van der Waals surface area contributed by atoms with Crippen LogP contribution in [0.15, 0.2) is 53.5 Å². The molecule has 106 valence electrons. The molecule has 0 spiro atoms. The van der Waals surface area contributed by atoms with Gasteiger partial charge in [0.25, 0.3) is 0 Å². The Hall–Kier alpha value is -1.59. The van der Waals surface area contributed by atoms with Crippen LogP contribution in [0.4, 0.5) is 10.1 Å². The zero-order valence-corrected chi connectivity index (χ0v) is 12.7. The first kappa shape index (κ1) is 14.4. The summed E-state index contributed by atoms with van der Waals surface area (Å²) in [6, 6.07) is 14.0. The second-order valence-electron chi connectivity index (χ2n) is 4.49. The van der Waals surface area contributed by atoms with Crippen molar-refractivity contribution in [3.63, 3.8) is 0 Å². The van der Waals surface area contributed by atoms with E-state index < -0.39 is 5.82 Å². The van der Waals surface area contributed by atoms with E-state index in [2.05, 4.69) is 11.1 Å². The highest BCUT2D eigenvalue weighted by molar-refractivity contribution is 8.38. The largest absolute Gasteiger partial charge is 0.293 e. The Morgan fingerprint density at radius 3 is 2.81 bits per heavy atom. The Balaban J connectivity index is 1.68. The lowest BCUT2D eigenvalue weighted by Gasteiger charge is -2.13. The fraction of sp³-hybridized carbons (Fsp3) is 0.125. The highest BCUT2D eigenvalue weighted by Crippen LogP contribution is 2.34. The molecule has 0 saturated heterocycles. The van der Waals surface area contributed by atoms with Crippen LogP contribution in [0.25, 0.3) is 0 Å². The molecule has 5 heteroatoms. The van der Waals surface area contributed by atoms with Crippen LogP contribution in [0.2, 0.25) is 0 Å². The Morgan fingerprint density at radius 1 is 1.19 bits per heavy atom. The number of nitrogens with zero attached hydrogens (tertiary/aromatic N) is 1. The number of aliphatic imine (C=N–C) groups is 1. The van der Waals surface area contributed by atoms with Gasteiger partial charge in [-0.25, -0.2) is 9.38 Å². The molecule has 21 heavy (non-hydrogen) atoms. The van der Waals surface area contributed by atoms with Gasteiger partial charge in [-0.05, 0) is 23.8 Å². The number of para-hydroxylation sites is 1. The molecule has 1 heterocycles. The molecule has 1 aliphatic heterocycles. The molecule has 0 fully saturated rings. The summed E-state index contributed by atoms with van der Waals surface area (Å²) >= 11 is 2.98. The molecule has 2 aromatic rings. The highest BCUT2D eigenvalue weighted by Gasteiger charge is 2.16. The van der Waals surface area contributed by atoms with Crippen molar-refractivity contribution >= 4 is 39.4 Å². The maximum atomic E-state index is 13.5. The van der Waals surface area contributed by atoms with Crippen LogP contribution in [0.3, 0.4) is 0 Å². The van der Waals surface area contributed by atoms with E-state index in [4.69, 9.17) is 0 Å². The molecule has 0 radical (unpaired) electrons. The summed E-state index contributed by atoms with van der Waals surface area (Å²) < 4.78 is 14.4. The van der Waals surface area contributed by atoms with Gasteiger partial charge in [0.2, 0.25) is 0 Å². The van der Waals surface area contributed by atoms with E-state index in [9.17, 15) is 9.18 Å². The van der Waals surface area contributed by atoms with Crippen LogP contribution in [0.5, 0.6) is 0 Å². The van der Waals surface area contributed by atoms with Crippen molar-refractivity contribution in [2.45, 2.75) is 5.75 Å². The molecular weight excluding hydrogens is 305 g/mol. The van der Waals surface area contributed by atoms with Gasteiger partial charge >= 0.3 is 0 Å². The zero-order valence-electron chi connectivity index (χ0n) is 11.1. The summed E-state index contributed by atoms with van der Waals surface area (Å²) in [6.45, 7) is 0. The molecule has 0 aliphatic carbocycles. The Labute approximate surface area is 130 Å². The molecule has 2 nitrogen and oxygen atoms in total. The normalized spacial score (nSPS) is 13.5. The predicted molar refractivity (Wildman–Crippen MR) is 88.0 cm³/mol. The van der Waals surface area contributed by atoms with E-state index in [1.165, 1.54) is 29.5 Å². The molecule has 0 amide bonds. The molecule has 3 rings (SSSR count). The van der Waals surface area contributed by atoms with Gasteiger partial charge in [0.05, 0.1) is 17.0 Å². The summed E-state index contributed by atoms with van der Waals surface area (Å²) in [5.41, 5.74) is 2.30. The first-order chi connectivity index (χ1) is 10.2. The van der Waals surface area contributed by atoms with Crippen molar-refractivity contribution in [3.8, 4) is 0 Å². The van der Waals surface area contributed by atoms with Gasteiger partial charge in [-0.15, -0.1) is 0 Å². The lowest BCUT2D eigenvalue weighted by Crippen LogP contribution is -2.07. The van der Waals surface area contributed by atoms with Gasteiger partial charge in [0.15, 0.2) is 5.78 Å². The van der Waals surface area contributed by atoms with Crippen LogP contribution in [-0.4, -0.2) is 15.9 Å². The average molecular weight is 317 g/mol. The molecule has 0 saturated carbocycles. The quantitative estimate of drug-likeness (QED) is 0.770. The number of ketones is 1. The Morgan fingerprint density at radius 2 is 1.95 bits per heavy atom. The SMILES string of the molecule is O=C(CSC1=Nc2ccccc2CS1)c1ccccc1F. The molecule has 0 N–H and O–H groups in total. The summed E-state index contributed by atoms with van der Waals surface area (Å²) in [7, 11) is 0. The molecule has 2 aromatic carbocycles. The molecule has 0 bridgehead atoms. The topological polar surface area (TPSA) is 29.4 Å². The van der Waals surface area contributed by atoms with Crippen molar-refractivity contribution in [2.75, 3.05) is 5.75 Å². The van der Waals surface area contributed by atoms with Crippen LogP contribution >= 0.6 is 23.5 Å². The van der Waals surface area contributed by atoms with Gasteiger partial charge in [-0.1, -0.05) is 53.9 Å². The second-order valence-corrected chi connectivity index (χ2v) is 6.67. The molecule has 0 unspecified atom stereocenters. The molecular formula is C16H12FNOS2. The molecule has 0 atom stereocenters. The predicted octanol–water partition coefficient (Wildman–Crippen LogP) is 4.68. The van der Waals surface area contributed by atoms with E-state index in [0.29, 0.717) is 0 Å². The molecule has 1 aliphatic rings. The minimum Gasteiger partial charge on any atom is -0.293 e. The number of rotatable bonds is 3. The van der Waals surface area contributed by atoms with Crippen LogP contribution < -0.4 is 0 Å². The van der Waals surface area contributed by atoms with Crippen LogP contribution in [0, 0.1) is 5.82 Å². The summed E-state index contributed by atoms with van der Waals surface area (Å²) in [4.78, 5) is 16.6. The van der Waals surface area contributed by atoms with E-state index in [1.54, 1.807) is 23.9 Å². The van der Waals surface area contributed by atoms with E-state index in [1.807, 2.05) is 18.2 Å². The summed E-state index contributed by atoms with van der Waals surface area (Å²) in [5, 5.41) is 0. The van der Waals surface area contributed by atoms with Crippen molar-refractivity contribution in [2.24, 2.45) is 4.99 Å². The van der Waals surface area contributed by atoms with E-state index in [-0.39, 0.29) is 17.1 Å². The average Bonchev–Trinajstić information content (AvgIpc) is 2.53. The maximum Gasteiger partial charge on any atom is 0.176 e. The first-order valence-corrected chi connectivity index (χ1v) is 8.41. The highest BCUT2D eigenvalue weighted by atomic mass is 32.2. The maximum absolute atomic E-state index is 13.5. The fourth-order valence-electron chi connectivity index (χ4n) is 1.98. The number of thioether (sulfide) groups is 2. The van der Waals surface area contributed by atoms with Gasteiger partial charge in [-0.3, -0.25) is 4.79 Å². The number of fused-ring (bicyclic) bond motifs is 1. The van der Waals surface area contributed by atoms with Gasteiger partial charge < -0.3 is 0 Å². The monoisotopic (exact) mass is 317 g/mol. The fourth-order valence-corrected chi connectivity index (χ4v) is 3.92. The minimum atomic E-state index is -0.466. The van der Waals surface area contributed by atoms with Gasteiger partial charge in [-0.2, -0.15) is 0 Å². The number of carbonyl (C=O) groups is 1. The second kappa shape index (κ2) is 6.45. The van der Waals surface area contributed by atoms with Crippen molar-refractivity contribution in [1.29, 1.82) is 0 Å². The van der Waals surface area contributed by atoms with E-state index >= 15 is 0 Å². The summed E-state index contributed by atoms with van der Waals surface area (Å²) in [6.07, 6.45) is 0. The summed E-state index contributed by atoms with van der Waals surface area (Å²) in [5.74, 6) is 0.386. The van der Waals surface area contributed by atoms with E-state index in [0.717, 1.165) is 15.8 Å². The third-order valence-electron chi connectivity index (χ3n) is 3.06.